The van der Waals surface area contributed by atoms with Gasteiger partial charge in [0.15, 0.2) is 0 Å². The minimum Gasteiger partial charge on any atom is -0.0836 e. The van der Waals surface area contributed by atoms with Gasteiger partial charge in [0.05, 0.1) is 0 Å². The lowest BCUT2D eigenvalue weighted by molar-refractivity contribution is 0.989. The van der Waals surface area contributed by atoms with Gasteiger partial charge in [0.2, 0.25) is 0 Å². The van der Waals surface area contributed by atoms with Crippen LogP contribution in [0.25, 0.3) is 16.8 Å². The van der Waals surface area contributed by atoms with Crippen LogP contribution in [0, 0.1) is 0 Å². The number of allylic oxidation sites excluding steroid dienone is 1. The average molecular weight is 224 g/mol. The van der Waals surface area contributed by atoms with Crippen LogP contribution in [0.15, 0.2) is 42.5 Å². The molecule has 0 amide bonds. The lowest BCUT2D eigenvalue weighted by Gasteiger charge is -2.11. The first-order valence-electron chi connectivity index (χ1n) is 6.53. The number of hydrogen-bond donors (Lipinski definition) is 0. The SMILES string of the molecule is C1=Cc2cc3ccccc3cc2CC1.CCC. The Labute approximate surface area is 104 Å². The zero-order valence-electron chi connectivity index (χ0n) is 10.7. The third-order valence-corrected chi connectivity index (χ3v) is 2.89. The van der Waals surface area contributed by atoms with Crippen LogP contribution in [0.1, 0.15) is 37.8 Å². The number of rotatable bonds is 0. The molecule has 1 aliphatic carbocycles. The van der Waals surface area contributed by atoms with Crippen LogP contribution in [-0.2, 0) is 6.42 Å². The molecule has 0 fully saturated rings. The van der Waals surface area contributed by atoms with Gasteiger partial charge in [0.1, 0.15) is 0 Å². The van der Waals surface area contributed by atoms with Gasteiger partial charge < -0.3 is 0 Å². The average Bonchev–Trinajstić information content (AvgIpc) is 2.37. The summed E-state index contributed by atoms with van der Waals surface area (Å²) in [6.07, 6.45) is 8.13. The van der Waals surface area contributed by atoms with E-state index in [0.29, 0.717) is 0 Å². The standard InChI is InChI=1S/C14H12.C3H8/c1-2-6-12-10-14-8-4-3-7-13(14)9-11(12)5-1;1-3-2/h1-3,5-7,9-10H,4,8H2;3H2,1-2H3. The molecule has 0 unspecified atom stereocenters. The van der Waals surface area contributed by atoms with Crippen LogP contribution in [0.5, 0.6) is 0 Å². The summed E-state index contributed by atoms with van der Waals surface area (Å²) in [5.41, 5.74) is 2.89. The van der Waals surface area contributed by atoms with Gasteiger partial charge in [0.25, 0.3) is 0 Å². The summed E-state index contributed by atoms with van der Waals surface area (Å²) in [5, 5.41) is 2.71. The Kier molecular flexibility index (Phi) is 3.98. The molecular formula is C17H20. The van der Waals surface area contributed by atoms with Crippen LogP contribution >= 0.6 is 0 Å². The molecule has 0 heterocycles. The normalized spacial score (nSPS) is 12.8. The molecule has 88 valence electrons. The first-order chi connectivity index (χ1) is 8.35. The third-order valence-electron chi connectivity index (χ3n) is 2.89. The zero-order valence-corrected chi connectivity index (χ0v) is 10.7. The number of aryl methyl sites for hydroxylation is 1. The maximum Gasteiger partial charge on any atom is -0.0178 e. The number of fused-ring (bicyclic) bond motifs is 2. The minimum atomic E-state index is 1.19. The molecular weight excluding hydrogens is 204 g/mol. The second kappa shape index (κ2) is 5.67. The van der Waals surface area contributed by atoms with E-state index in [1.807, 2.05) is 0 Å². The Morgan fingerprint density at radius 3 is 2.35 bits per heavy atom. The molecule has 0 atom stereocenters. The number of benzene rings is 2. The first kappa shape index (κ1) is 11.9. The molecule has 0 saturated heterocycles. The molecule has 0 bridgehead atoms. The van der Waals surface area contributed by atoms with E-state index >= 15 is 0 Å². The summed E-state index contributed by atoms with van der Waals surface area (Å²) in [6.45, 7) is 4.25. The van der Waals surface area contributed by atoms with Crippen molar-refractivity contribution in [3.8, 4) is 0 Å². The van der Waals surface area contributed by atoms with Crippen molar-refractivity contribution in [2.75, 3.05) is 0 Å². The second-order valence-electron chi connectivity index (χ2n) is 4.55. The van der Waals surface area contributed by atoms with Gasteiger partial charge in [-0.2, -0.15) is 0 Å². The summed E-state index contributed by atoms with van der Waals surface area (Å²) in [5.74, 6) is 0. The van der Waals surface area contributed by atoms with Crippen LogP contribution in [0.4, 0.5) is 0 Å². The van der Waals surface area contributed by atoms with Crippen molar-refractivity contribution in [3.05, 3.63) is 53.6 Å². The molecule has 0 aliphatic heterocycles. The predicted molar refractivity (Wildman–Crippen MR) is 77.3 cm³/mol. The van der Waals surface area contributed by atoms with Crippen LogP contribution < -0.4 is 0 Å². The van der Waals surface area contributed by atoms with Gasteiger partial charge in [-0.25, -0.2) is 0 Å². The molecule has 0 heteroatoms. The van der Waals surface area contributed by atoms with Gasteiger partial charge in [-0.1, -0.05) is 62.8 Å². The second-order valence-corrected chi connectivity index (χ2v) is 4.55. The van der Waals surface area contributed by atoms with E-state index in [1.165, 1.54) is 41.2 Å². The zero-order chi connectivity index (χ0) is 12.1. The summed E-state index contributed by atoms with van der Waals surface area (Å²) < 4.78 is 0. The largest absolute Gasteiger partial charge is 0.0836 e. The summed E-state index contributed by atoms with van der Waals surface area (Å²) in [4.78, 5) is 0. The molecule has 0 radical (unpaired) electrons. The van der Waals surface area contributed by atoms with Crippen molar-refractivity contribution in [2.24, 2.45) is 0 Å². The van der Waals surface area contributed by atoms with Crippen molar-refractivity contribution >= 4 is 16.8 Å². The van der Waals surface area contributed by atoms with Crippen molar-refractivity contribution < 1.29 is 0 Å². The summed E-state index contributed by atoms with van der Waals surface area (Å²) in [6, 6.07) is 13.2. The molecule has 0 N–H and O–H groups in total. The van der Waals surface area contributed by atoms with Gasteiger partial charge in [-0.05, 0) is 40.8 Å². The summed E-state index contributed by atoms with van der Waals surface area (Å²) >= 11 is 0. The van der Waals surface area contributed by atoms with Gasteiger partial charge >= 0.3 is 0 Å². The van der Waals surface area contributed by atoms with E-state index in [1.54, 1.807) is 0 Å². The van der Waals surface area contributed by atoms with Gasteiger partial charge in [0, 0.05) is 0 Å². The van der Waals surface area contributed by atoms with E-state index in [2.05, 4.69) is 62.4 Å². The maximum atomic E-state index is 2.33. The third kappa shape index (κ3) is 2.76. The Bertz CT molecular complexity index is 521. The maximum absolute atomic E-state index is 2.33. The first-order valence-corrected chi connectivity index (χ1v) is 6.53. The molecule has 2 aromatic rings. The van der Waals surface area contributed by atoms with Crippen molar-refractivity contribution in [1.82, 2.24) is 0 Å². The minimum absolute atomic E-state index is 1.19. The molecule has 0 aromatic heterocycles. The monoisotopic (exact) mass is 224 g/mol. The molecule has 0 spiro atoms. The fourth-order valence-electron chi connectivity index (χ4n) is 2.13. The molecule has 1 aliphatic rings. The van der Waals surface area contributed by atoms with Crippen molar-refractivity contribution in [1.29, 1.82) is 0 Å². The highest BCUT2D eigenvalue weighted by Gasteiger charge is 2.05. The molecule has 3 rings (SSSR count). The molecule has 17 heavy (non-hydrogen) atoms. The lowest BCUT2D eigenvalue weighted by atomic mass is 9.94. The Morgan fingerprint density at radius 1 is 1.00 bits per heavy atom. The van der Waals surface area contributed by atoms with Gasteiger partial charge in [-0.3, -0.25) is 0 Å². The Hall–Kier alpha value is -1.56. The molecule has 0 saturated carbocycles. The summed E-state index contributed by atoms with van der Waals surface area (Å²) in [7, 11) is 0. The Balaban J connectivity index is 0.000000329. The van der Waals surface area contributed by atoms with E-state index < -0.39 is 0 Å². The van der Waals surface area contributed by atoms with Crippen LogP contribution in [0.3, 0.4) is 0 Å². The smallest absolute Gasteiger partial charge is 0.0178 e. The van der Waals surface area contributed by atoms with Crippen LogP contribution in [-0.4, -0.2) is 0 Å². The topological polar surface area (TPSA) is 0 Å². The van der Waals surface area contributed by atoms with E-state index in [-0.39, 0.29) is 0 Å². The molecule has 0 nitrogen and oxygen atoms in total. The van der Waals surface area contributed by atoms with Crippen molar-refractivity contribution in [2.45, 2.75) is 33.1 Å². The van der Waals surface area contributed by atoms with Crippen molar-refractivity contribution in [3.63, 3.8) is 0 Å². The fraction of sp³-hybridized carbons (Fsp3) is 0.294. The highest BCUT2D eigenvalue weighted by atomic mass is 14.1. The fourth-order valence-corrected chi connectivity index (χ4v) is 2.13. The highest BCUT2D eigenvalue weighted by molar-refractivity contribution is 5.86. The van der Waals surface area contributed by atoms with Gasteiger partial charge in [-0.15, -0.1) is 0 Å². The lowest BCUT2D eigenvalue weighted by Crippen LogP contribution is -1.93. The Morgan fingerprint density at radius 2 is 1.65 bits per heavy atom. The van der Waals surface area contributed by atoms with E-state index in [4.69, 9.17) is 0 Å². The molecule has 2 aromatic carbocycles. The van der Waals surface area contributed by atoms with E-state index in [0.717, 1.165) is 0 Å². The van der Waals surface area contributed by atoms with Crippen LogP contribution in [0.2, 0.25) is 0 Å². The quantitative estimate of drug-likeness (QED) is 0.576. The number of hydrogen-bond acceptors (Lipinski definition) is 0. The highest BCUT2D eigenvalue weighted by Crippen LogP contribution is 2.25. The predicted octanol–water partition coefficient (Wildman–Crippen LogP) is 5.22. The van der Waals surface area contributed by atoms with E-state index in [9.17, 15) is 0 Å².